The first-order valence-electron chi connectivity index (χ1n) is 9.58. The summed E-state index contributed by atoms with van der Waals surface area (Å²) < 4.78 is 9.66. The topological polar surface area (TPSA) is 122 Å². The quantitative estimate of drug-likeness (QED) is 0.521. The van der Waals surface area contributed by atoms with Gasteiger partial charge in [-0.1, -0.05) is 30.3 Å². The second kappa shape index (κ2) is 7.96. The minimum atomic E-state index is -1.36. The summed E-state index contributed by atoms with van der Waals surface area (Å²) in [6.07, 6.45) is -2.76. The number of aliphatic hydroxyl groups excluding tert-OH is 3. The third-order valence-electron chi connectivity index (χ3n) is 5.29. The van der Waals surface area contributed by atoms with Gasteiger partial charge in [0.05, 0.1) is 6.61 Å². The van der Waals surface area contributed by atoms with Crippen molar-refractivity contribution in [2.75, 3.05) is 6.61 Å². The number of carbonyl (C=O) groups excluding carboxylic acids is 1. The first-order chi connectivity index (χ1) is 13.9. The number of hydrogen-bond acceptors (Lipinski definition) is 7. The maximum absolute atomic E-state index is 11.7. The molecule has 0 bridgehead atoms. The van der Waals surface area contributed by atoms with Crippen LogP contribution in [0.3, 0.4) is 0 Å². The molecule has 2 aromatic rings. The highest BCUT2D eigenvalue weighted by atomic mass is 32.1. The van der Waals surface area contributed by atoms with Gasteiger partial charge in [-0.25, -0.2) is 4.68 Å². The molecular formula is C19H24N4O5S. The van der Waals surface area contributed by atoms with Crippen LogP contribution in [0.1, 0.15) is 32.0 Å². The number of nitrogens with zero attached hydrogens (tertiary/aromatic N) is 3. The summed E-state index contributed by atoms with van der Waals surface area (Å²) in [5, 5.41) is 37.7. The van der Waals surface area contributed by atoms with Crippen LogP contribution in [-0.4, -0.2) is 66.5 Å². The molecule has 2 aliphatic rings. The molecule has 1 aromatic heterocycles. The Hall–Kier alpha value is -2.11. The van der Waals surface area contributed by atoms with E-state index in [-0.39, 0.29) is 6.04 Å². The van der Waals surface area contributed by atoms with Crippen molar-refractivity contribution in [1.82, 2.24) is 19.7 Å². The molecular weight excluding hydrogens is 396 g/mol. The third kappa shape index (κ3) is 3.74. The summed E-state index contributed by atoms with van der Waals surface area (Å²) in [5.41, 5.74) is 0.885. The summed E-state index contributed by atoms with van der Waals surface area (Å²) in [7, 11) is 0. The zero-order chi connectivity index (χ0) is 20.7. The van der Waals surface area contributed by atoms with Crippen LogP contribution in [0, 0.1) is 4.77 Å². The number of benzene rings is 1. The number of nitrogens with one attached hydrogen (secondary N) is 1. The molecule has 1 saturated carbocycles. The van der Waals surface area contributed by atoms with Gasteiger partial charge >= 0.3 is 0 Å². The Morgan fingerprint density at radius 2 is 1.97 bits per heavy atom. The maximum Gasteiger partial charge on any atom is 0.217 e. The Bertz CT molecular complexity index is 942. The smallest absolute Gasteiger partial charge is 0.217 e. The van der Waals surface area contributed by atoms with Crippen molar-refractivity contribution in [3.8, 4) is 11.4 Å². The fraction of sp³-hybridized carbons (Fsp3) is 0.526. The Kier molecular flexibility index (Phi) is 5.54. The molecule has 4 rings (SSSR count). The molecule has 4 N–H and O–H groups in total. The molecule has 2 heterocycles. The van der Waals surface area contributed by atoms with Gasteiger partial charge in [-0.2, -0.15) is 0 Å². The SMILES string of the molecule is CC(=O)N[C@H]1[C@@H](O)[C@H](O)[C@H](CO)O[C@@H]1n1nc(-c2ccccc2)n(C2CC2)c1=S. The number of rotatable bonds is 5. The van der Waals surface area contributed by atoms with Gasteiger partial charge in [-0.3, -0.25) is 9.36 Å². The average molecular weight is 420 g/mol. The number of aromatic nitrogens is 3. The number of hydrogen-bond donors (Lipinski definition) is 4. The summed E-state index contributed by atoms with van der Waals surface area (Å²) in [4.78, 5) is 11.7. The van der Waals surface area contributed by atoms with Gasteiger partial charge in [0.1, 0.15) is 24.4 Å². The zero-order valence-electron chi connectivity index (χ0n) is 15.9. The van der Waals surface area contributed by atoms with Crippen molar-refractivity contribution in [1.29, 1.82) is 0 Å². The van der Waals surface area contributed by atoms with Crippen LogP contribution in [0.25, 0.3) is 11.4 Å². The molecule has 29 heavy (non-hydrogen) atoms. The monoisotopic (exact) mass is 420 g/mol. The molecule has 10 heteroatoms. The van der Waals surface area contributed by atoms with Crippen molar-refractivity contribution in [3.05, 3.63) is 35.1 Å². The predicted octanol–water partition coefficient (Wildman–Crippen LogP) is 0.532. The van der Waals surface area contributed by atoms with Crippen LogP contribution in [0.4, 0.5) is 0 Å². The molecule has 1 saturated heterocycles. The van der Waals surface area contributed by atoms with E-state index in [1.807, 2.05) is 34.9 Å². The summed E-state index contributed by atoms with van der Waals surface area (Å²) in [6.45, 7) is 0.815. The van der Waals surface area contributed by atoms with Gasteiger partial charge in [-0.05, 0) is 25.1 Å². The molecule has 2 fully saturated rings. The number of carbonyl (C=O) groups is 1. The molecule has 9 nitrogen and oxygen atoms in total. The molecule has 1 aromatic carbocycles. The average Bonchev–Trinajstić information content (AvgIpc) is 3.49. The minimum Gasteiger partial charge on any atom is -0.394 e. The van der Waals surface area contributed by atoms with Gasteiger partial charge in [0.2, 0.25) is 10.7 Å². The van der Waals surface area contributed by atoms with Gasteiger partial charge in [0.15, 0.2) is 12.1 Å². The van der Waals surface area contributed by atoms with Crippen LogP contribution in [-0.2, 0) is 9.53 Å². The van der Waals surface area contributed by atoms with E-state index in [0.717, 1.165) is 18.4 Å². The number of amides is 1. The van der Waals surface area contributed by atoms with E-state index in [9.17, 15) is 20.1 Å². The predicted molar refractivity (Wildman–Crippen MR) is 105 cm³/mol. The van der Waals surface area contributed by atoms with Crippen LogP contribution < -0.4 is 5.32 Å². The lowest BCUT2D eigenvalue weighted by atomic mass is 9.96. The molecule has 156 valence electrons. The highest BCUT2D eigenvalue weighted by molar-refractivity contribution is 7.71. The molecule has 1 aliphatic carbocycles. The van der Waals surface area contributed by atoms with Gasteiger partial charge < -0.3 is 25.4 Å². The van der Waals surface area contributed by atoms with E-state index >= 15 is 0 Å². The van der Waals surface area contributed by atoms with Crippen LogP contribution in [0.15, 0.2) is 30.3 Å². The number of ether oxygens (including phenoxy) is 1. The fourth-order valence-electron chi connectivity index (χ4n) is 3.70. The second-order valence-electron chi connectivity index (χ2n) is 7.47. The van der Waals surface area contributed by atoms with E-state index in [0.29, 0.717) is 10.6 Å². The van der Waals surface area contributed by atoms with Gasteiger partial charge in [0.25, 0.3) is 0 Å². The lowest BCUT2D eigenvalue weighted by Gasteiger charge is -2.42. The molecule has 5 atom stereocenters. The standard InChI is InChI=1S/C19H24N4O5S/c1-10(25)20-14-16(27)15(26)13(9-24)28-18(14)23-19(29)22(12-7-8-12)17(21-23)11-5-3-2-4-6-11/h2-6,12-16,18,24,26-27H,7-9H2,1H3,(H,20,25)/t13-,14-,15+,16+,18-/m0/s1. The van der Waals surface area contributed by atoms with Crippen LogP contribution in [0.5, 0.6) is 0 Å². The minimum absolute atomic E-state index is 0.235. The fourth-order valence-corrected chi connectivity index (χ4v) is 4.08. The normalized spacial score (nSPS) is 29.6. The second-order valence-corrected chi connectivity index (χ2v) is 7.84. The van der Waals surface area contributed by atoms with E-state index in [4.69, 9.17) is 17.0 Å². The highest BCUT2D eigenvalue weighted by Crippen LogP contribution is 2.39. The summed E-state index contributed by atoms with van der Waals surface area (Å²) >= 11 is 5.68. The van der Waals surface area contributed by atoms with Crippen molar-refractivity contribution in [3.63, 3.8) is 0 Å². The van der Waals surface area contributed by atoms with Crippen LogP contribution >= 0.6 is 12.2 Å². The molecule has 1 amide bonds. The van der Waals surface area contributed by atoms with Gasteiger partial charge in [-0.15, -0.1) is 5.10 Å². The largest absolute Gasteiger partial charge is 0.394 e. The highest BCUT2D eigenvalue weighted by Gasteiger charge is 2.47. The molecule has 0 spiro atoms. The van der Waals surface area contributed by atoms with E-state index in [1.165, 1.54) is 11.6 Å². The van der Waals surface area contributed by atoms with E-state index in [2.05, 4.69) is 10.4 Å². The first kappa shape index (κ1) is 20.2. The van der Waals surface area contributed by atoms with Gasteiger partial charge in [0, 0.05) is 18.5 Å². The molecule has 0 unspecified atom stereocenters. The Morgan fingerprint density at radius 1 is 1.28 bits per heavy atom. The lowest BCUT2D eigenvalue weighted by Crippen LogP contribution is -2.62. The molecule has 0 radical (unpaired) electrons. The Morgan fingerprint density at radius 3 is 2.55 bits per heavy atom. The lowest BCUT2D eigenvalue weighted by molar-refractivity contribution is -0.219. The maximum atomic E-state index is 11.7. The van der Waals surface area contributed by atoms with Crippen molar-refractivity contribution >= 4 is 18.1 Å². The first-order valence-corrected chi connectivity index (χ1v) is 9.99. The van der Waals surface area contributed by atoms with Crippen molar-refractivity contribution in [2.45, 2.75) is 56.4 Å². The third-order valence-corrected chi connectivity index (χ3v) is 5.67. The summed E-state index contributed by atoms with van der Waals surface area (Å²) in [5.74, 6) is 0.276. The zero-order valence-corrected chi connectivity index (χ0v) is 16.7. The number of aliphatic hydroxyl groups is 3. The van der Waals surface area contributed by atoms with Crippen molar-refractivity contribution in [2.24, 2.45) is 0 Å². The Labute approximate surface area is 172 Å². The molecule has 1 aliphatic heterocycles. The summed E-state index contributed by atoms with van der Waals surface area (Å²) in [6, 6.07) is 8.85. The van der Waals surface area contributed by atoms with Crippen LogP contribution in [0.2, 0.25) is 0 Å². The van der Waals surface area contributed by atoms with E-state index in [1.54, 1.807) is 0 Å². The van der Waals surface area contributed by atoms with Crippen molar-refractivity contribution < 1.29 is 24.9 Å². The Balaban J connectivity index is 1.81. The van der Waals surface area contributed by atoms with E-state index < -0.39 is 43.1 Å².